The van der Waals surface area contributed by atoms with Gasteiger partial charge in [0.15, 0.2) is 5.69 Å². The third kappa shape index (κ3) is 6.25. The second kappa shape index (κ2) is 9.60. The lowest BCUT2D eigenvalue weighted by Crippen LogP contribution is -2.33. The third-order valence-electron chi connectivity index (χ3n) is 4.59. The van der Waals surface area contributed by atoms with E-state index in [2.05, 4.69) is 10.4 Å². The first-order valence-electron chi connectivity index (χ1n) is 9.80. The molecule has 2 amide bonds. The van der Waals surface area contributed by atoms with Crippen LogP contribution in [0.25, 0.3) is 5.69 Å². The molecule has 2 N–H and O–H groups in total. The van der Waals surface area contributed by atoms with Gasteiger partial charge in [-0.05, 0) is 37.3 Å². The molecule has 1 heterocycles. The number of nitrogens with one attached hydrogen (secondary N) is 2. The number of rotatable bonds is 5. The van der Waals surface area contributed by atoms with Gasteiger partial charge in [-0.2, -0.15) is 31.4 Å². The van der Waals surface area contributed by atoms with Crippen molar-refractivity contribution in [1.82, 2.24) is 15.1 Å². The Morgan fingerprint density at radius 1 is 0.943 bits per heavy atom. The van der Waals surface area contributed by atoms with E-state index >= 15 is 0 Å². The number of halogens is 6. The highest BCUT2D eigenvalue weighted by Gasteiger charge is 2.34. The van der Waals surface area contributed by atoms with Gasteiger partial charge in [0.2, 0.25) is 5.43 Å². The summed E-state index contributed by atoms with van der Waals surface area (Å²) in [6.45, 7) is -0.221. The van der Waals surface area contributed by atoms with Crippen molar-refractivity contribution in [3.05, 3.63) is 87.3 Å². The van der Waals surface area contributed by atoms with Gasteiger partial charge in [0, 0.05) is 23.0 Å². The summed E-state index contributed by atoms with van der Waals surface area (Å²) in [6.07, 6.45) is -9.35. The van der Waals surface area contributed by atoms with Crippen molar-refractivity contribution in [2.45, 2.75) is 19.3 Å². The highest BCUT2D eigenvalue weighted by Crippen LogP contribution is 2.33. The summed E-state index contributed by atoms with van der Waals surface area (Å²) in [4.78, 5) is 37.0. The summed E-state index contributed by atoms with van der Waals surface area (Å²) < 4.78 is 78.0. The Bertz CT molecular complexity index is 1330. The SMILES string of the molecule is Cc1cc(=O)c(C(=O)Nc2cccc(C(=O)NCC(F)(F)F)c2)nn1-c1ccccc1C(F)(F)F. The number of carbonyl (C=O) groups excluding carboxylic acids is 2. The highest BCUT2D eigenvalue weighted by molar-refractivity contribution is 6.03. The number of hydrogen-bond donors (Lipinski definition) is 2. The van der Waals surface area contributed by atoms with Crippen LogP contribution >= 0.6 is 0 Å². The molecule has 0 spiro atoms. The molecular weight excluding hydrogens is 482 g/mol. The second-order valence-corrected chi connectivity index (χ2v) is 7.26. The van der Waals surface area contributed by atoms with Crippen LogP contribution in [0.1, 0.15) is 32.1 Å². The Kier molecular flexibility index (Phi) is 6.99. The normalized spacial score (nSPS) is 11.7. The summed E-state index contributed by atoms with van der Waals surface area (Å²) in [5.41, 5.74) is -3.29. The molecule has 35 heavy (non-hydrogen) atoms. The minimum atomic E-state index is -4.73. The Balaban J connectivity index is 1.91. The van der Waals surface area contributed by atoms with Crippen LogP contribution < -0.4 is 16.1 Å². The van der Waals surface area contributed by atoms with Gasteiger partial charge in [0.25, 0.3) is 11.8 Å². The number of aromatic nitrogens is 2. The maximum atomic E-state index is 13.4. The molecule has 0 aliphatic rings. The van der Waals surface area contributed by atoms with Gasteiger partial charge in [-0.25, -0.2) is 4.68 Å². The molecule has 13 heteroatoms. The molecule has 0 unspecified atom stereocenters. The lowest BCUT2D eigenvalue weighted by molar-refractivity contribution is -0.137. The molecule has 0 saturated heterocycles. The predicted molar refractivity (Wildman–Crippen MR) is 112 cm³/mol. The molecule has 1 aromatic heterocycles. The molecule has 3 aromatic rings. The van der Waals surface area contributed by atoms with Crippen molar-refractivity contribution < 1.29 is 35.9 Å². The molecule has 2 aromatic carbocycles. The maximum absolute atomic E-state index is 13.4. The van der Waals surface area contributed by atoms with Crippen LogP contribution in [-0.4, -0.2) is 34.3 Å². The van der Waals surface area contributed by atoms with E-state index in [0.29, 0.717) is 0 Å². The molecule has 0 saturated carbocycles. The van der Waals surface area contributed by atoms with Gasteiger partial charge in [-0.1, -0.05) is 18.2 Å². The molecule has 184 valence electrons. The minimum Gasteiger partial charge on any atom is -0.343 e. The summed E-state index contributed by atoms with van der Waals surface area (Å²) >= 11 is 0. The van der Waals surface area contributed by atoms with Crippen LogP contribution in [0.15, 0.2) is 59.4 Å². The number of nitrogens with zero attached hydrogens (tertiary/aromatic N) is 2. The van der Waals surface area contributed by atoms with Crippen LogP contribution in [0.3, 0.4) is 0 Å². The third-order valence-corrected chi connectivity index (χ3v) is 4.59. The van der Waals surface area contributed by atoms with Gasteiger partial charge in [-0.3, -0.25) is 14.4 Å². The fourth-order valence-electron chi connectivity index (χ4n) is 3.06. The molecule has 3 rings (SSSR count). The van der Waals surface area contributed by atoms with Crippen molar-refractivity contribution >= 4 is 17.5 Å². The smallest absolute Gasteiger partial charge is 0.343 e. The highest BCUT2D eigenvalue weighted by atomic mass is 19.4. The van der Waals surface area contributed by atoms with Gasteiger partial charge in [0.1, 0.15) is 6.54 Å². The van der Waals surface area contributed by atoms with Gasteiger partial charge in [-0.15, -0.1) is 0 Å². The topological polar surface area (TPSA) is 93.1 Å². The molecule has 0 bridgehead atoms. The number of carbonyl (C=O) groups is 2. The average molecular weight is 498 g/mol. The Morgan fingerprint density at radius 2 is 1.63 bits per heavy atom. The van der Waals surface area contributed by atoms with E-state index in [4.69, 9.17) is 0 Å². The van der Waals surface area contributed by atoms with Crippen molar-refractivity contribution in [1.29, 1.82) is 0 Å². The predicted octanol–water partition coefficient (Wildman–Crippen LogP) is 4.10. The van der Waals surface area contributed by atoms with Gasteiger partial charge >= 0.3 is 12.4 Å². The van der Waals surface area contributed by atoms with Crippen molar-refractivity contribution in [2.75, 3.05) is 11.9 Å². The first-order valence-corrected chi connectivity index (χ1v) is 9.80. The van der Waals surface area contributed by atoms with E-state index in [1.54, 1.807) is 5.32 Å². The second-order valence-electron chi connectivity index (χ2n) is 7.26. The van der Waals surface area contributed by atoms with E-state index in [1.165, 1.54) is 37.3 Å². The largest absolute Gasteiger partial charge is 0.418 e. The number of anilines is 1. The van der Waals surface area contributed by atoms with Crippen LogP contribution in [-0.2, 0) is 6.18 Å². The Hall–Kier alpha value is -4.16. The number of para-hydroxylation sites is 1. The lowest BCUT2D eigenvalue weighted by Gasteiger charge is -2.16. The van der Waals surface area contributed by atoms with Crippen LogP contribution in [0.5, 0.6) is 0 Å². The van der Waals surface area contributed by atoms with E-state index in [1.807, 2.05) is 0 Å². The van der Waals surface area contributed by atoms with Crippen molar-refractivity contribution in [2.24, 2.45) is 0 Å². The summed E-state index contributed by atoms with van der Waals surface area (Å²) in [5.74, 6) is -2.15. The number of amides is 2. The van der Waals surface area contributed by atoms with E-state index in [0.717, 1.165) is 28.9 Å². The first kappa shape index (κ1) is 25.5. The van der Waals surface area contributed by atoms with Gasteiger partial charge in [0.05, 0.1) is 11.3 Å². The molecule has 0 fully saturated rings. The van der Waals surface area contributed by atoms with Crippen LogP contribution in [0.2, 0.25) is 0 Å². The molecular formula is C22H16F6N4O3. The zero-order chi connectivity index (χ0) is 26.0. The Labute approximate surface area is 193 Å². The van der Waals surface area contributed by atoms with Gasteiger partial charge < -0.3 is 10.6 Å². The molecule has 0 atom stereocenters. The zero-order valence-corrected chi connectivity index (χ0v) is 17.8. The fraction of sp³-hybridized carbons (Fsp3) is 0.182. The lowest BCUT2D eigenvalue weighted by atomic mass is 10.1. The zero-order valence-electron chi connectivity index (χ0n) is 17.8. The first-order chi connectivity index (χ1) is 16.3. The molecule has 0 radical (unpaired) electrons. The van der Waals surface area contributed by atoms with Crippen molar-refractivity contribution in [3.8, 4) is 5.69 Å². The maximum Gasteiger partial charge on any atom is 0.418 e. The molecule has 0 aliphatic heterocycles. The summed E-state index contributed by atoms with van der Waals surface area (Å²) in [6, 6.07) is 10.2. The molecule has 0 aliphatic carbocycles. The molecule has 7 nitrogen and oxygen atoms in total. The average Bonchev–Trinajstić information content (AvgIpc) is 2.76. The number of benzene rings is 2. The van der Waals surface area contributed by atoms with E-state index in [9.17, 15) is 40.7 Å². The number of hydrogen-bond acceptors (Lipinski definition) is 4. The fourth-order valence-corrected chi connectivity index (χ4v) is 3.06. The van der Waals surface area contributed by atoms with Crippen LogP contribution in [0, 0.1) is 6.92 Å². The van der Waals surface area contributed by atoms with E-state index < -0.39 is 53.1 Å². The van der Waals surface area contributed by atoms with E-state index in [-0.39, 0.29) is 16.9 Å². The number of aryl methyl sites for hydroxylation is 1. The standard InChI is InChI=1S/C22H16F6N4O3/c1-12-9-17(33)18(31-32(12)16-8-3-2-7-15(16)22(26,27)28)20(35)30-14-6-4-5-13(10-14)19(34)29-11-21(23,24)25/h2-10H,11H2,1H3,(H,29,34)(H,30,35). The summed E-state index contributed by atoms with van der Waals surface area (Å²) in [5, 5.41) is 7.76. The monoisotopic (exact) mass is 498 g/mol. The van der Waals surface area contributed by atoms with Crippen LogP contribution in [0.4, 0.5) is 32.0 Å². The summed E-state index contributed by atoms with van der Waals surface area (Å²) in [7, 11) is 0. The quantitative estimate of drug-likeness (QED) is 0.518. The number of alkyl halides is 6. The minimum absolute atomic E-state index is 0.0339. The Morgan fingerprint density at radius 3 is 2.29 bits per heavy atom. The van der Waals surface area contributed by atoms with Crippen molar-refractivity contribution in [3.63, 3.8) is 0 Å².